The highest BCUT2D eigenvalue weighted by Crippen LogP contribution is 2.20. The minimum absolute atomic E-state index is 0.0825. The van der Waals surface area contributed by atoms with E-state index in [0.717, 1.165) is 0 Å². The molecule has 27 heavy (non-hydrogen) atoms. The summed E-state index contributed by atoms with van der Waals surface area (Å²) in [7, 11) is -3.96. The van der Waals surface area contributed by atoms with Gasteiger partial charge in [-0.2, -0.15) is 5.26 Å². The standard InChI is InChI=1S/C19H15N3O4S/c20-12-15-5-1-2-9-18(15)22-27(24,25)17-8-3-6-14(11-17)19(23)21-13-16-7-4-10-26-16/h1-11,22H,13H2,(H,21,23). The van der Waals surface area contributed by atoms with E-state index in [-0.39, 0.29) is 28.3 Å². The predicted octanol–water partition coefficient (Wildman–Crippen LogP) is 2.88. The number of benzene rings is 2. The number of rotatable bonds is 6. The van der Waals surface area contributed by atoms with Crippen molar-refractivity contribution in [3.8, 4) is 6.07 Å². The molecule has 3 rings (SSSR count). The first kappa shape index (κ1) is 18.2. The molecule has 0 saturated heterocycles. The second kappa shape index (κ2) is 7.76. The number of hydrogen-bond donors (Lipinski definition) is 2. The molecule has 0 atom stereocenters. The van der Waals surface area contributed by atoms with Gasteiger partial charge in [-0.1, -0.05) is 18.2 Å². The van der Waals surface area contributed by atoms with E-state index in [1.54, 1.807) is 24.3 Å². The molecule has 3 aromatic rings. The number of carbonyl (C=O) groups excluding carboxylic acids is 1. The molecule has 0 bridgehead atoms. The van der Waals surface area contributed by atoms with Crippen LogP contribution in [0.2, 0.25) is 0 Å². The molecule has 1 amide bonds. The maximum Gasteiger partial charge on any atom is 0.261 e. The average molecular weight is 381 g/mol. The van der Waals surface area contributed by atoms with Crippen molar-refractivity contribution in [2.24, 2.45) is 0 Å². The molecular weight excluding hydrogens is 366 g/mol. The topological polar surface area (TPSA) is 112 Å². The van der Waals surface area contributed by atoms with Gasteiger partial charge in [0.05, 0.1) is 29.0 Å². The number of nitrogens with zero attached hydrogens (tertiary/aromatic N) is 1. The van der Waals surface area contributed by atoms with Crippen molar-refractivity contribution in [1.29, 1.82) is 5.26 Å². The molecule has 2 N–H and O–H groups in total. The molecule has 8 heteroatoms. The van der Waals surface area contributed by atoms with Crippen molar-refractivity contribution in [2.45, 2.75) is 11.4 Å². The maximum atomic E-state index is 12.6. The molecular formula is C19H15N3O4S. The minimum Gasteiger partial charge on any atom is -0.467 e. The van der Waals surface area contributed by atoms with Crippen LogP contribution in [0.15, 0.2) is 76.2 Å². The molecule has 0 aliphatic heterocycles. The first-order chi connectivity index (χ1) is 13.0. The zero-order chi connectivity index (χ0) is 19.3. The first-order valence-corrected chi connectivity index (χ1v) is 9.40. The fraction of sp³-hybridized carbons (Fsp3) is 0.0526. The summed E-state index contributed by atoms with van der Waals surface area (Å²) in [6, 6.07) is 17.3. The molecule has 2 aromatic carbocycles. The van der Waals surface area contributed by atoms with Crippen LogP contribution in [0.1, 0.15) is 21.7 Å². The number of sulfonamides is 1. The normalized spacial score (nSPS) is 10.8. The third-order valence-corrected chi connectivity index (χ3v) is 5.06. The molecule has 0 aliphatic rings. The smallest absolute Gasteiger partial charge is 0.261 e. The van der Waals surface area contributed by atoms with E-state index in [1.807, 2.05) is 6.07 Å². The van der Waals surface area contributed by atoms with Crippen molar-refractivity contribution in [1.82, 2.24) is 5.32 Å². The summed E-state index contributed by atoms with van der Waals surface area (Å²) in [5, 5.41) is 11.8. The largest absolute Gasteiger partial charge is 0.467 e. The Hall–Kier alpha value is -3.57. The number of nitrogens with one attached hydrogen (secondary N) is 2. The highest BCUT2D eigenvalue weighted by molar-refractivity contribution is 7.92. The van der Waals surface area contributed by atoms with Gasteiger partial charge in [-0.05, 0) is 42.5 Å². The van der Waals surface area contributed by atoms with Gasteiger partial charge < -0.3 is 9.73 Å². The molecule has 1 aromatic heterocycles. The molecule has 0 spiro atoms. The minimum atomic E-state index is -3.96. The number of furan rings is 1. The summed E-state index contributed by atoms with van der Waals surface area (Å²) in [5.41, 5.74) is 0.569. The monoisotopic (exact) mass is 381 g/mol. The Morgan fingerprint density at radius 2 is 1.89 bits per heavy atom. The van der Waals surface area contributed by atoms with Crippen molar-refractivity contribution >= 4 is 21.6 Å². The van der Waals surface area contributed by atoms with E-state index < -0.39 is 15.9 Å². The fourth-order valence-electron chi connectivity index (χ4n) is 2.36. The Labute approximate surface area is 156 Å². The van der Waals surface area contributed by atoms with Gasteiger partial charge >= 0.3 is 0 Å². The van der Waals surface area contributed by atoms with Crippen LogP contribution in [-0.4, -0.2) is 14.3 Å². The van der Waals surface area contributed by atoms with E-state index in [0.29, 0.717) is 5.76 Å². The molecule has 0 aliphatic carbocycles. The average Bonchev–Trinajstić information content (AvgIpc) is 3.20. The van der Waals surface area contributed by atoms with Crippen molar-refractivity contribution < 1.29 is 17.6 Å². The lowest BCUT2D eigenvalue weighted by Gasteiger charge is -2.10. The number of anilines is 1. The van der Waals surface area contributed by atoms with Crippen molar-refractivity contribution in [2.75, 3.05) is 4.72 Å². The Morgan fingerprint density at radius 1 is 1.07 bits per heavy atom. The van der Waals surface area contributed by atoms with Gasteiger partial charge in [-0.25, -0.2) is 8.42 Å². The number of carbonyl (C=O) groups is 1. The molecule has 0 saturated carbocycles. The van der Waals surface area contributed by atoms with Gasteiger partial charge in [0.15, 0.2) is 0 Å². The lowest BCUT2D eigenvalue weighted by Crippen LogP contribution is -2.23. The Balaban J connectivity index is 1.79. The van der Waals surface area contributed by atoms with Crippen LogP contribution in [0.4, 0.5) is 5.69 Å². The highest BCUT2D eigenvalue weighted by Gasteiger charge is 2.18. The van der Waals surface area contributed by atoms with Crippen LogP contribution in [0.3, 0.4) is 0 Å². The fourth-order valence-corrected chi connectivity index (χ4v) is 3.49. The van der Waals surface area contributed by atoms with Gasteiger partial charge in [0.25, 0.3) is 15.9 Å². The number of amides is 1. The van der Waals surface area contributed by atoms with E-state index >= 15 is 0 Å². The first-order valence-electron chi connectivity index (χ1n) is 7.92. The number of para-hydroxylation sites is 1. The van der Waals surface area contributed by atoms with Gasteiger partial charge in [0.1, 0.15) is 11.8 Å². The lowest BCUT2D eigenvalue weighted by atomic mass is 10.2. The highest BCUT2D eigenvalue weighted by atomic mass is 32.2. The molecule has 7 nitrogen and oxygen atoms in total. The zero-order valence-electron chi connectivity index (χ0n) is 14.0. The van der Waals surface area contributed by atoms with Crippen LogP contribution in [-0.2, 0) is 16.6 Å². The Bertz CT molecular complexity index is 1100. The predicted molar refractivity (Wildman–Crippen MR) is 98.3 cm³/mol. The zero-order valence-corrected chi connectivity index (χ0v) is 14.9. The second-order valence-corrected chi connectivity index (χ2v) is 7.24. The molecule has 0 fully saturated rings. The Morgan fingerprint density at radius 3 is 2.63 bits per heavy atom. The summed E-state index contributed by atoms with van der Waals surface area (Å²) in [6.45, 7) is 0.191. The van der Waals surface area contributed by atoms with E-state index in [2.05, 4.69) is 10.0 Å². The molecule has 0 radical (unpaired) electrons. The summed E-state index contributed by atoms with van der Waals surface area (Å²) >= 11 is 0. The van der Waals surface area contributed by atoms with Crippen LogP contribution < -0.4 is 10.0 Å². The summed E-state index contributed by atoms with van der Waals surface area (Å²) < 4.78 is 32.8. The summed E-state index contributed by atoms with van der Waals surface area (Å²) in [5.74, 6) is 0.155. The van der Waals surface area contributed by atoms with E-state index in [1.165, 1.54) is 42.7 Å². The second-order valence-electron chi connectivity index (χ2n) is 5.55. The van der Waals surface area contributed by atoms with Crippen molar-refractivity contribution in [3.63, 3.8) is 0 Å². The molecule has 136 valence electrons. The summed E-state index contributed by atoms with van der Waals surface area (Å²) in [4.78, 5) is 12.2. The van der Waals surface area contributed by atoms with Gasteiger partial charge in [0, 0.05) is 5.56 Å². The lowest BCUT2D eigenvalue weighted by molar-refractivity contribution is 0.0948. The van der Waals surface area contributed by atoms with Crippen LogP contribution in [0.5, 0.6) is 0 Å². The van der Waals surface area contributed by atoms with Crippen LogP contribution in [0, 0.1) is 11.3 Å². The van der Waals surface area contributed by atoms with Crippen LogP contribution in [0.25, 0.3) is 0 Å². The van der Waals surface area contributed by atoms with Gasteiger partial charge in [0.2, 0.25) is 0 Å². The van der Waals surface area contributed by atoms with Crippen molar-refractivity contribution in [3.05, 3.63) is 83.8 Å². The third-order valence-electron chi connectivity index (χ3n) is 3.70. The van der Waals surface area contributed by atoms with E-state index in [9.17, 15) is 13.2 Å². The van der Waals surface area contributed by atoms with Gasteiger partial charge in [-0.15, -0.1) is 0 Å². The third kappa shape index (κ3) is 4.34. The van der Waals surface area contributed by atoms with Gasteiger partial charge in [-0.3, -0.25) is 9.52 Å². The van der Waals surface area contributed by atoms with E-state index in [4.69, 9.17) is 9.68 Å². The summed E-state index contributed by atoms with van der Waals surface area (Å²) in [6.07, 6.45) is 1.50. The quantitative estimate of drug-likeness (QED) is 0.682. The SMILES string of the molecule is N#Cc1ccccc1NS(=O)(=O)c1cccc(C(=O)NCc2ccco2)c1. The van der Waals surface area contributed by atoms with Crippen LogP contribution >= 0.6 is 0 Å². The Kier molecular flexibility index (Phi) is 5.24. The molecule has 0 unspecified atom stereocenters. The number of hydrogen-bond acceptors (Lipinski definition) is 5. The molecule has 1 heterocycles. The maximum absolute atomic E-state index is 12.6. The number of nitriles is 1.